The molecule has 0 atom stereocenters. The zero-order valence-electron chi connectivity index (χ0n) is 11.6. The van der Waals surface area contributed by atoms with Gasteiger partial charge in [-0.05, 0) is 36.8 Å². The molecule has 0 bridgehead atoms. The maximum atomic E-state index is 13.6. The van der Waals surface area contributed by atoms with Gasteiger partial charge in [-0.3, -0.25) is 4.98 Å². The van der Waals surface area contributed by atoms with E-state index < -0.39 is 5.97 Å². The number of carbonyl (C=O) groups is 1. The van der Waals surface area contributed by atoms with Crippen LogP contribution in [0.5, 0.6) is 0 Å². The molecule has 0 saturated carbocycles. The number of aromatic carboxylic acids is 1. The summed E-state index contributed by atoms with van der Waals surface area (Å²) in [5, 5.41) is 10.8. The summed E-state index contributed by atoms with van der Waals surface area (Å²) in [5.41, 5.74) is 2.11. The summed E-state index contributed by atoms with van der Waals surface area (Å²) in [7, 11) is 0. The fourth-order valence-electron chi connectivity index (χ4n) is 2.41. The molecule has 0 aliphatic rings. The number of aryl methyl sites for hydroxylation is 1. The van der Waals surface area contributed by atoms with Crippen molar-refractivity contribution in [2.24, 2.45) is 0 Å². The second kappa shape index (κ2) is 5.39. The number of aromatic nitrogens is 1. The Morgan fingerprint density at radius 3 is 2.68 bits per heavy atom. The minimum absolute atomic E-state index is 0.131. The van der Waals surface area contributed by atoms with Crippen molar-refractivity contribution in [1.29, 1.82) is 0 Å². The number of pyridine rings is 1. The van der Waals surface area contributed by atoms with Gasteiger partial charge in [0.05, 0.1) is 16.3 Å². The lowest BCUT2D eigenvalue weighted by atomic mass is 9.98. The predicted molar refractivity (Wildman–Crippen MR) is 83.8 cm³/mol. The van der Waals surface area contributed by atoms with Gasteiger partial charge in [0.15, 0.2) is 0 Å². The van der Waals surface area contributed by atoms with Gasteiger partial charge < -0.3 is 5.11 Å². The molecule has 22 heavy (non-hydrogen) atoms. The van der Waals surface area contributed by atoms with Crippen LogP contribution in [0.2, 0.25) is 5.02 Å². The van der Waals surface area contributed by atoms with Crippen molar-refractivity contribution in [2.75, 3.05) is 0 Å². The van der Waals surface area contributed by atoms with Gasteiger partial charge in [0.1, 0.15) is 5.82 Å². The lowest BCUT2D eigenvalue weighted by Gasteiger charge is -2.11. The molecule has 3 rings (SSSR count). The summed E-state index contributed by atoms with van der Waals surface area (Å²) in [6.45, 7) is 1.85. The molecule has 0 radical (unpaired) electrons. The van der Waals surface area contributed by atoms with Gasteiger partial charge in [-0.25, -0.2) is 9.18 Å². The normalized spacial score (nSPS) is 10.9. The summed E-state index contributed by atoms with van der Waals surface area (Å²) in [4.78, 5) is 15.5. The van der Waals surface area contributed by atoms with Gasteiger partial charge in [-0.1, -0.05) is 23.7 Å². The molecule has 0 fully saturated rings. The van der Waals surface area contributed by atoms with Crippen LogP contribution in [0.25, 0.3) is 22.0 Å². The molecule has 0 spiro atoms. The van der Waals surface area contributed by atoms with Crippen LogP contribution in [0.3, 0.4) is 0 Å². The molecule has 2 aromatic carbocycles. The van der Waals surface area contributed by atoms with Crippen LogP contribution in [0.15, 0.2) is 42.6 Å². The van der Waals surface area contributed by atoms with Crippen LogP contribution in [-0.4, -0.2) is 16.1 Å². The van der Waals surface area contributed by atoms with Crippen LogP contribution < -0.4 is 0 Å². The van der Waals surface area contributed by atoms with Gasteiger partial charge >= 0.3 is 5.97 Å². The number of halogens is 2. The van der Waals surface area contributed by atoms with Crippen LogP contribution in [0.4, 0.5) is 4.39 Å². The Morgan fingerprint density at radius 1 is 1.18 bits per heavy atom. The molecular weight excluding hydrogens is 305 g/mol. The molecular formula is C17H11ClFNO2. The predicted octanol–water partition coefficient (Wildman–Crippen LogP) is 4.70. The van der Waals surface area contributed by atoms with Crippen LogP contribution >= 0.6 is 11.6 Å². The number of hydrogen-bond acceptors (Lipinski definition) is 2. The molecule has 1 N–H and O–H groups in total. The Balaban J connectivity index is 2.38. The molecule has 0 saturated heterocycles. The monoisotopic (exact) mass is 315 g/mol. The first-order chi connectivity index (χ1) is 10.5. The minimum Gasteiger partial charge on any atom is -0.478 e. The van der Waals surface area contributed by atoms with E-state index in [9.17, 15) is 9.18 Å². The summed E-state index contributed by atoms with van der Waals surface area (Å²) in [5.74, 6) is -1.41. The molecule has 3 aromatic rings. The van der Waals surface area contributed by atoms with E-state index in [1.165, 1.54) is 30.5 Å². The smallest absolute Gasteiger partial charge is 0.335 e. The number of benzene rings is 2. The van der Waals surface area contributed by atoms with Gasteiger partial charge in [0.25, 0.3) is 0 Å². The highest BCUT2D eigenvalue weighted by molar-refractivity contribution is 6.35. The van der Waals surface area contributed by atoms with Crippen molar-refractivity contribution < 1.29 is 14.3 Å². The van der Waals surface area contributed by atoms with E-state index >= 15 is 0 Å². The van der Waals surface area contributed by atoms with Gasteiger partial charge in [-0.2, -0.15) is 0 Å². The zero-order valence-corrected chi connectivity index (χ0v) is 12.4. The third-order valence-electron chi connectivity index (χ3n) is 3.54. The third-order valence-corrected chi connectivity index (χ3v) is 3.84. The average Bonchev–Trinajstić information content (AvgIpc) is 2.50. The van der Waals surface area contributed by atoms with Crippen molar-refractivity contribution in [2.45, 2.75) is 6.92 Å². The van der Waals surface area contributed by atoms with Crippen molar-refractivity contribution in [3.05, 3.63) is 64.6 Å². The highest BCUT2D eigenvalue weighted by atomic mass is 35.5. The topological polar surface area (TPSA) is 50.2 Å². The molecule has 1 aromatic heterocycles. The van der Waals surface area contributed by atoms with Crippen molar-refractivity contribution in [3.8, 4) is 11.3 Å². The van der Waals surface area contributed by atoms with E-state index in [2.05, 4.69) is 4.98 Å². The largest absolute Gasteiger partial charge is 0.478 e. The van der Waals surface area contributed by atoms with E-state index in [-0.39, 0.29) is 11.4 Å². The first-order valence-corrected chi connectivity index (χ1v) is 6.93. The number of rotatable bonds is 2. The van der Waals surface area contributed by atoms with Gasteiger partial charge in [0, 0.05) is 22.5 Å². The summed E-state index contributed by atoms with van der Waals surface area (Å²) < 4.78 is 13.6. The number of carboxylic acids is 1. The lowest BCUT2D eigenvalue weighted by Crippen LogP contribution is -1.97. The second-order valence-corrected chi connectivity index (χ2v) is 5.39. The highest BCUT2D eigenvalue weighted by Crippen LogP contribution is 2.33. The fourth-order valence-corrected chi connectivity index (χ4v) is 2.62. The number of fused-ring (bicyclic) bond motifs is 1. The fraction of sp³-hybridized carbons (Fsp3) is 0.0588. The summed E-state index contributed by atoms with van der Waals surface area (Å²) in [6, 6.07) is 9.06. The Morgan fingerprint density at radius 2 is 1.95 bits per heavy atom. The molecule has 0 aliphatic carbocycles. The Labute approximate surface area is 131 Å². The molecule has 0 amide bonds. The Hall–Kier alpha value is -2.46. The van der Waals surface area contributed by atoms with E-state index in [1.807, 2.05) is 6.92 Å². The lowest BCUT2D eigenvalue weighted by molar-refractivity contribution is 0.0697. The maximum absolute atomic E-state index is 13.6. The Kier molecular flexibility index (Phi) is 3.54. The molecule has 0 aliphatic heterocycles. The first-order valence-electron chi connectivity index (χ1n) is 6.55. The number of nitrogens with zero attached hydrogens (tertiary/aromatic N) is 1. The number of carboxylic acid groups (broad SMARTS) is 1. The molecule has 0 unspecified atom stereocenters. The minimum atomic E-state index is -1.04. The maximum Gasteiger partial charge on any atom is 0.335 e. The van der Waals surface area contributed by atoms with Crippen LogP contribution in [-0.2, 0) is 0 Å². The molecule has 5 heteroatoms. The van der Waals surface area contributed by atoms with Crippen molar-refractivity contribution in [3.63, 3.8) is 0 Å². The van der Waals surface area contributed by atoms with E-state index in [4.69, 9.17) is 16.7 Å². The standard InChI is InChI=1S/C17H11ClFNO2/c1-9-2-4-11(19)7-13(9)16-14-6-10(17(21)22)3-5-12(14)15(18)8-20-16/h2-8H,1H3,(H,21,22). The third kappa shape index (κ3) is 2.42. The second-order valence-electron chi connectivity index (χ2n) is 4.98. The van der Waals surface area contributed by atoms with Gasteiger partial charge in [0.2, 0.25) is 0 Å². The average molecular weight is 316 g/mol. The number of hydrogen-bond donors (Lipinski definition) is 1. The van der Waals surface area contributed by atoms with Crippen LogP contribution in [0, 0.1) is 12.7 Å². The SMILES string of the molecule is Cc1ccc(F)cc1-c1ncc(Cl)c2ccc(C(=O)O)cc12. The Bertz CT molecular complexity index is 909. The van der Waals surface area contributed by atoms with E-state index in [0.717, 1.165) is 5.56 Å². The summed E-state index contributed by atoms with van der Waals surface area (Å²) in [6.07, 6.45) is 1.49. The van der Waals surface area contributed by atoms with Gasteiger partial charge in [-0.15, -0.1) is 0 Å². The van der Waals surface area contributed by atoms with E-state index in [0.29, 0.717) is 27.1 Å². The zero-order chi connectivity index (χ0) is 15.9. The van der Waals surface area contributed by atoms with Crippen molar-refractivity contribution >= 4 is 28.3 Å². The van der Waals surface area contributed by atoms with E-state index in [1.54, 1.807) is 12.1 Å². The van der Waals surface area contributed by atoms with Crippen LogP contribution in [0.1, 0.15) is 15.9 Å². The molecule has 3 nitrogen and oxygen atoms in total. The molecule has 1 heterocycles. The highest BCUT2D eigenvalue weighted by Gasteiger charge is 2.14. The quantitative estimate of drug-likeness (QED) is 0.745. The first kappa shape index (κ1) is 14.5. The van der Waals surface area contributed by atoms with Crippen molar-refractivity contribution in [1.82, 2.24) is 4.98 Å². The summed E-state index contributed by atoms with van der Waals surface area (Å²) >= 11 is 6.14. The molecule has 110 valence electrons.